The molecule has 9 heteroatoms. The zero-order chi connectivity index (χ0) is 23.6. The fourth-order valence-electron chi connectivity index (χ4n) is 3.96. The Kier molecular flexibility index (Phi) is 6.71. The van der Waals surface area contributed by atoms with Crippen LogP contribution in [0, 0.1) is 6.92 Å². The maximum Gasteiger partial charge on any atom is 0.418 e. The number of anilines is 2. The molecular weight excluding hydrogens is 451 g/mol. The van der Waals surface area contributed by atoms with Gasteiger partial charge in [-0.25, -0.2) is 4.98 Å². The summed E-state index contributed by atoms with van der Waals surface area (Å²) in [5.74, 6) is -0.548. The average molecular weight is 476 g/mol. The van der Waals surface area contributed by atoms with Gasteiger partial charge in [0, 0.05) is 42.5 Å². The van der Waals surface area contributed by atoms with E-state index in [0.29, 0.717) is 30.9 Å². The van der Waals surface area contributed by atoms with Gasteiger partial charge in [-0.15, -0.1) is 11.3 Å². The van der Waals surface area contributed by atoms with E-state index >= 15 is 0 Å². The van der Waals surface area contributed by atoms with Crippen LogP contribution in [-0.4, -0.2) is 37.2 Å². The van der Waals surface area contributed by atoms with Crippen molar-refractivity contribution in [2.75, 3.05) is 30.4 Å². The first-order valence-corrected chi connectivity index (χ1v) is 11.5. The van der Waals surface area contributed by atoms with Gasteiger partial charge in [-0.3, -0.25) is 4.79 Å². The Morgan fingerprint density at radius 3 is 2.58 bits per heavy atom. The molecule has 3 aromatic rings. The molecule has 2 aromatic carbocycles. The summed E-state index contributed by atoms with van der Waals surface area (Å²) in [5, 5.41) is 4.85. The summed E-state index contributed by atoms with van der Waals surface area (Å²) in [6, 6.07) is 11.6. The van der Waals surface area contributed by atoms with Gasteiger partial charge >= 0.3 is 6.18 Å². The SMILES string of the molecule is COC1CCN(c2ccc(NC(=O)c3csc(-c4ccccc4C)n3)cc2C(F)(F)F)CC1. The molecule has 1 aromatic heterocycles. The van der Waals surface area contributed by atoms with Crippen molar-refractivity contribution in [3.05, 3.63) is 64.7 Å². The number of rotatable bonds is 5. The van der Waals surface area contributed by atoms with Gasteiger partial charge in [0.1, 0.15) is 10.7 Å². The predicted octanol–water partition coefficient (Wildman–Crippen LogP) is 6.00. The van der Waals surface area contributed by atoms with Crippen molar-refractivity contribution in [1.82, 2.24) is 4.98 Å². The molecule has 0 atom stereocenters. The van der Waals surface area contributed by atoms with Crippen LogP contribution in [0.15, 0.2) is 47.8 Å². The Balaban J connectivity index is 1.54. The first-order valence-electron chi connectivity index (χ1n) is 10.6. The van der Waals surface area contributed by atoms with Crippen LogP contribution in [0.3, 0.4) is 0 Å². The quantitative estimate of drug-likeness (QED) is 0.491. The van der Waals surface area contributed by atoms with Crippen LogP contribution in [0.1, 0.15) is 34.5 Å². The third-order valence-corrected chi connectivity index (χ3v) is 6.66. The molecule has 2 heterocycles. The van der Waals surface area contributed by atoms with Crippen molar-refractivity contribution in [2.45, 2.75) is 32.0 Å². The van der Waals surface area contributed by atoms with Crippen LogP contribution in [0.5, 0.6) is 0 Å². The lowest BCUT2D eigenvalue weighted by Gasteiger charge is -2.34. The van der Waals surface area contributed by atoms with E-state index in [9.17, 15) is 18.0 Å². The van der Waals surface area contributed by atoms with Gasteiger partial charge in [0.2, 0.25) is 0 Å². The summed E-state index contributed by atoms with van der Waals surface area (Å²) < 4.78 is 46.8. The van der Waals surface area contributed by atoms with Crippen LogP contribution in [0.25, 0.3) is 10.6 Å². The van der Waals surface area contributed by atoms with Crippen molar-refractivity contribution in [3.63, 3.8) is 0 Å². The molecule has 1 aliphatic heterocycles. The van der Waals surface area contributed by atoms with Crippen molar-refractivity contribution in [3.8, 4) is 10.6 Å². The van der Waals surface area contributed by atoms with Gasteiger partial charge in [-0.05, 0) is 43.5 Å². The van der Waals surface area contributed by atoms with E-state index < -0.39 is 17.6 Å². The number of aromatic nitrogens is 1. The molecule has 1 N–H and O–H groups in total. The summed E-state index contributed by atoms with van der Waals surface area (Å²) in [5.41, 5.74) is 1.53. The Bertz CT molecular complexity index is 1140. The lowest BCUT2D eigenvalue weighted by molar-refractivity contribution is -0.137. The van der Waals surface area contributed by atoms with Crippen molar-refractivity contribution in [1.29, 1.82) is 0 Å². The molecule has 0 bridgehead atoms. The summed E-state index contributed by atoms with van der Waals surface area (Å²) >= 11 is 1.32. The van der Waals surface area contributed by atoms with E-state index in [1.165, 1.54) is 23.5 Å². The van der Waals surface area contributed by atoms with Crippen LogP contribution in [-0.2, 0) is 10.9 Å². The number of piperidine rings is 1. The highest BCUT2D eigenvalue weighted by atomic mass is 32.1. The Labute approximate surface area is 194 Å². The second-order valence-corrected chi connectivity index (χ2v) is 8.82. The number of hydrogen-bond acceptors (Lipinski definition) is 5. The minimum atomic E-state index is -4.55. The first kappa shape index (κ1) is 23.3. The molecule has 33 heavy (non-hydrogen) atoms. The second kappa shape index (κ2) is 9.52. The molecule has 1 saturated heterocycles. The monoisotopic (exact) mass is 475 g/mol. The molecule has 0 saturated carbocycles. The molecule has 4 rings (SSSR count). The highest BCUT2D eigenvalue weighted by molar-refractivity contribution is 7.13. The van der Waals surface area contributed by atoms with Gasteiger partial charge in [0.15, 0.2) is 0 Å². The molecular formula is C24H24F3N3O2S. The third-order valence-electron chi connectivity index (χ3n) is 5.79. The predicted molar refractivity (Wildman–Crippen MR) is 124 cm³/mol. The van der Waals surface area contributed by atoms with Crippen molar-refractivity contribution < 1.29 is 22.7 Å². The number of carbonyl (C=O) groups excluding carboxylic acids is 1. The summed E-state index contributed by atoms with van der Waals surface area (Å²) in [4.78, 5) is 18.8. The largest absolute Gasteiger partial charge is 0.418 e. The third kappa shape index (κ3) is 5.20. The minimum absolute atomic E-state index is 0.0665. The number of alkyl halides is 3. The number of thiazole rings is 1. The number of nitrogens with one attached hydrogen (secondary N) is 1. The van der Waals surface area contributed by atoms with Gasteiger partial charge in [0.05, 0.1) is 11.7 Å². The standard InChI is InChI=1S/C24H24F3N3O2S/c1-15-5-3-4-6-18(15)23-29-20(14-33-23)22(31)28-16-7-8-21(19(13-16)24(25,26)27)30-11-9-17(32-2)10-12-30/h3-8,13-14,17H,9-12H2,1-2H3,(H,28,31). The fourth-order valence-corrected chi connectivity index (χ4v) is 4.85. The first-order chi connectivity index (χ1) is 15.8. The fraction of sp³-hybridized carbons (Fsp3) is 0.333. The van der Waals surface area contributed by atoms with Gasteiger partial charge in [0.25, 0.3) is 5.91 Å². The summed E-state index contributed by atoms with van der Waals surface area (Å²) in [6.07, 6.45) is -3.15. The number of carbonyl (C=O) groups is 1. The van der Waals surface area contributed by atoms with E-state index in [0.717, 1.165) is 17.2 Å². The van der Waals surface area contributed by atoms with E-state index in [1.807, 2.05) is 31.2 Å². The molecule has 1 aliphatic rings. The number of ether oxygens (including phenoxy) is 1. The number of methoxy groups -OCH3 is 1. The van der Waals surface area contributed by atoms with Gasteiger partial charge < -0.3 is 15.0 Å². The van der Waals surface area contributed by atoms with E-state index in [1.54, 1.807) is 17.4 Å². The second-order valence-electron chi connectivity index (χ2n) is 7.96. The number of benzene rings is 2. The molecule has 1 fully saturated rings. The summed E-state index contributed by atoms with van der Waals surface area (Å²) in [6.45, 7) is 2.91. The molecule has 0 aliphatic carbocycles. The average Bonchev–Trinajstić information content (AvgIpc) is 3.29. The van der Waals surface area contributed by atoms with Gasteiger partial charge in [-0.2, -0.15) is 13.2 Å². The van der Waals surface area contributed by atoms with E-state index in [4.69, 9.17) is 4.74 Å². The number of hydrogen-bond donors (Lipinski definition) is 1. The zero-order valence-corrected chi connectivity index (χ0v) is 19.1. The van der Waals surface area contributed by atoms with Crippen LogP contribution >= 0.6 is 11.3 Å². The lowest BCUT2D eigenvalue weighted by atomic mass is 10.0. The topological polar surface area (TPSA) is 54.5 Å². The van der Waals surface area contributed by atoms with E-state index in [-0.39, 0.29) is 23.2 Å². The molecule has 1 amide bonds. The Morgan fingerprint density at radius 1 is 1.18 bits per heavy atom. The van der Waals surface area contributed by atoms with Crippen molar-refractivity contribution in [2.24, 2.45) is 0 Å². The molecule has 0 radical (unpaired) electrons. The highest BCUT2D eigenvalue weighted by Gasteiger charge is 2.36. The number of halogens is 3. The molecule has 0 unspecified atom stereocenters. The maximum atomic E-state index is 13.8. The van der Waals surface area contributed by atoms with E-state index in [2.05, 4.69) is 10.3 Å². The van der Waals surface area contributed by atoms with Crippen LogP contribution in [0.2, 0.25) is 0 Å². The Hall–Kier alpha value is -2.91. The highest BCUT2D eigenvalue weighted by Crippen LogP contribution is 2.39. The lowest BCUT2D eigenvalue weighted by Crippen LogP contribution is -2.37. The normalized spacial score (nSPS) is 15.0. The Morgan fingerprint density at radius 2 is 1.91 bits per heavy atom. The number of nitrogens with zero attached hydrogens (tertiary/aromatic N) is 2. The summed E-state index contributed by atoms with van der Waals surface area (Å²) in [7, 11) is 1.62. The smallest absolute Gasteiger partial charge is 0.381 e. The van der Waals surface area contributed by atoms with Crippen LogP contribution < -0.4 is 10.2 Å². The van der Waals surface area contributed by atoms with Gasteiger partial charge in [-0.1, -0.05) is 24.3 Å². The molecule has 174 valence electrons. The van der Waals surface area contributed by atoms with Crippen LogP contribution in [0.4, 0.5) is 24.5 Å². The number of amides is 1. The zero-order valence-electron chi connectivity index (χ0n) is 18.3. The molecule has 5 nitrogen and oxygen atoms in total. The maximum absolute atomic E-state index is 13.8. The molecule has 0 spiro atoms. The van der Waals surface area contributed by atoms with Crippen molar-refractivity contribution >= 4 is 28.6 Å². The minimum Gasteiger partial charge on any atom is -0.381 e. The number of aryl methyl sites for hydroxylation is 1.